The van der Waals surface area contributed by atoms with Crippen molar-refractivity contribution in [2.24, 2.45) is 5.73 Å². The predicted molar refractivity (Wildman–Crippen MR) is 67.6 cm³/mol. The van der Waals surface area contributed by atoms with Gasteiger partial charge in [0.05, 0.1) is 12.6 Å². The van der Waals surface area contributed by atoms with Crippen molar-refractivity contribution in [2.75, 3.05) is 19.7 Å². The van der Waals surface area contributed by atoms with Crippen molar-refractivity contribution in [3.05, 3.63) is 35.4 Å². The lowest BCUT2D eigenvalue weighted by molar-refractivity contribution is 0.0942. The first-order valence-electron chi connectivity index (χ1n) is 6.09. The van der Waals surface area contributed by atoms with Crippen molar-refractivity contribution in [1.29, 1.82) is 0 Å². The van der Waals surface area contributed by atoms with Crippen LogP contribution in [0.4, 0.5) is 13.6 Å². The summed E-state index contributed by atoms with van der Waals surface area (Å²) in [6, 6.07) is 3.10. The van der Waals surface area contributed by atoms with E-state index in [1.165, 1.54) is 11.0 Å². The van der Waals surface area contributed by atoms with Gasteiger partial charge in [-0.1, -0.05) is 6.07 Å². The van der Waals surface area contributed by atoms with Gasteiger partial charge in [-0.05, 0) is 31.5 Å². The number of hydrogen-bond donors (Lipinski definition) is 1. The SMILES string of the molecule is CCOC(=O)N(CCN)[C@H](C)c1ccc(F)c(F)c1. The van der Waals surface area contributed by atoms with Crippen LogP contribution in [0.15, 0.2) is 18.2 Å². The van der Waals surface area contributed by atoms with E-state index >= 15 is 0 Å². The molecule has 0 heterocycles. The minimum Gasteiger partial charge on any atom is -0.450 e. The molecule has 0 unspecified atom stereocenters. The number of ether oxygens (including phenoxy) is 1. The van der Waals surface area contributed by atoms with E-state index in [1.54, 1.807) is 13.8 Å². The fraction of sp³-hybridized carbons (Fsp3) is 0.462. The lowest BCUT2D eigenvalue weighted by atomic mass is 10.1. The van der Waals surface area contributed by atoms with Crippen LogP contribution < -0.4 is 5.73 Å². The number of rotatable bonds is 5. The van der Waals surface area contributed by atoms with Crippen LogP contribution in [-0.4, -0.2) is 30.7 Å². The zero-order chi connectivity index (χ0) is 14.4. The molecule has 6 heteroatoms. The number of hydrogen-bond acceptors (Lipinski definition) is 3. The third kappa shape index (κ3) is 3.89. The van der Waals surface area contributed by atoms with Crippen LogP contribution in [0.2, 0.25) is 0 Å². The number of carbonyl (C=O) groups excluding carboxylic acids is 1. The van der Waals surface area contributed by atoms with Crippen LogP contribution in [0, 0.1) is 11.6 Å². The second-order valence-electron chi connectivity index (χ2n) is 4.03. The van der Waals surface area contributed by atoms with Gasteiger partial charge in [-0.15, -0.1) is 0 Å². The molecule has 0 saturated heterocycles. The maximum atomic E-state index is 13.2. The normalized spacial score (nSPS) is 12.1. The molecule has 0 aliphatic carbocycles. The maximum absolute atomic E-state index is 13.2. The summed E-state index contributed by atoms with van der Waals surface area (Å²) < 4.78 is 31.0. The van der Waals surface area contributed by atoms with Gasteiger partial charge in [-0.3, -0.25) is 0 Å². The van der Waals surface area contributed by atoms with E-state index in [1.807, 2.05) is 0 Å². The molecule has 2 N–H and O–H groups in total. The second-order valence-corrected chi connectivity index (χ2v) is 4.03. The third-order valence-corrected chi connectivity index (χ3v) is 2.77. The lowest BCUT2D eigenvalue weighted by Gasteiger charge is -2.28. The van der Waals surface area contributed by atoms with Crippen molar-refractivity contribution in [1.82, 2.24) is 4.90 Å². The van der Waals surface area contributed by atoms with Crippen LogP contribution in [0.3, 0.4) is 0 Å². The van der Waals surface area contributed by atoms with E-state index < -0.39 is 23.8 Å². The second kappa shape index (κ2) is 7.04. The number of halogens is 2. The Morgan fingerprint density at radius 1 is 1.42 bits per heavy atom. The highest BCUT2D eigenvalue weighted by molar-refractivity contribution is 5.68. The highest BCUT2D eigenvalue weighted by Crippen LogP contribution is 2.22. The van der Waals surface area contributed by atoms with Gasteiger partial charge in [-0.25, -0.2) is 13.6 Å². The average Bonchev–Trinajstić information content (AvgIpc) is 2.38. The zero-order valence-corrected chi connectivity index (χ0v) is 11.0. The van der Waals surface area contributed by atoms with Crippen LogP contribution >= 0.6 is 0 Å². The number of nitrogens with two attached hydrogens (primary N) is 1. The molecule has 0 bridgehead atoms. The van der Waals surface area contributed by atoms with Crippen LogP contribution in [0.25, 0.3) is 0 Å². The largest absolute Gasteiger partial charge is 0.450 e. The van der Waals surface area contributed by atoms with E-state index in [2.05, 4.69) is 0 Å². The van der Waals surface area contributed by atoms with Gasteiger partial charge in [0.25, 0.3) is 0 Å². The van der Waals surface area contributed by atoms with E-state index in [9.17, 15) is 13.6 Å². The molecule has 0 aromatic heterocycles. The van der Waals surface area contributed by atoms with Crippen molar-refractivity contribution >= 4 is 6.09 Å². The topological polar surface area (TPSA) is 55.6 Å². The van der Waals surface area contributed by atoms with Crippen molar-refractivity contribution in [3.8, 4) is 0 Å². The number of nitrogens with zero attached hydrogens (tertiary/aromatic N) is 1. The molecule has 1 atom stereocenters. The Hall–Kier alpha value is -1.69. The minimum absolute atomic E-state index is 0.240. The Labute approximate surface area is 111 Å². The Bertz CT molecular complexity index is 441. The molecule has 4 nitrogen and oxygen atoms in total. The van der Waals surface area contributed by atoms with Gasteiger partial charge in [0.15, 0.2) is 11.6 Å². The van der Waals surface area contributed by atoms with Gasteiger partial charge in [-0.2, -0.15) is 0 Å². The molecule has 19 heavy (non-hydrogen) atoms. The zero-order valence-electron chi connectivity index (χ0n) is 11.0. The Balaban J connectivity index is 2.94. The first-order chi connectivity index (χ1) is 9.01. The van der Waals surface area contributed by atoms with Gasteiger partial charge in [0, 0.05) is 13.1 Å². The molecule has 106 valence electrons. The summed E-state index contributed by atoms with van der Waals surface area (Å²) in [5.41, 5.74) is 5.94. The Kier molecular flexibility index (Phi) is 5.69. The summed E-state index contributed by atoms with van der Waals surface area (Å²) in [4.78, 5) is 13.2. The van der Waals surface area contributed by atoms with Gasteiger partial charge < -0.3 is 15.4 Å². The summed E-state index contributed by atoms with van der Waals surface area (Å²) >= 11 is 0. The molecule has 0 spiro atoms. The van der Waals surface area contributed by atoms with Crippen molar-refractivity contribution in [2.45, 2.75) is 19.9 Å². The van der Waals surface area contributed by atoms with Gasteiger partial charge >= 0.3 is 6.09 Å². The van der Waals surface area contributed by atoms with Crippen LogP contribution in [0.1, 0.15) is 25.5 Å². The number of amides is 1. The highest BCUT2D eigenvalue weighted by atomic mass is 19.2. The summed E-state index contributed by atoms with van der Waals surface area (Å²) in [7, 11) is 0. The maximum Gasteiger partial charge on any atom is 0.410 e. The Morgan fingerprint density at radius 3 is 2.63 bits per heavy atom. The molecule has 0 radical (unpaired) electrons. The smallest absolute Gasteiger partial charge is 0.410 e. The molecule has 1 aromatic rings. The minimum atomic E-state index is -0.944. The number of carbonyl (C=O) groups is 1. The molecule has 0 fully saturated rings. The van der Waals surface area contributed by atoms with Gasteiger partial charge in [0.1, 0.15) is 0 Å². The van der Waals surface area contributed by atoms with E-state index in [0.29, 0.717) is 5.56 Å². The number of benzene rings is 1. The average molecular weight is 272 g/mol. The molecule has 0 saturated carbocycles. The Morgan fingerprint density at radius 2 is 2.11 bits per heavy atom. The fourth-order valence-corrected chi connectivity index (χ4v) is 1.74. The molecule has 0 aliphatic rings. The van der Waals surface area contributed by atoms with Gasteiger partial charge in [0.2, 0.25) is 0 Å². The first-order valence-corrected chi connectivity index (χ1v) is 6.09. The molecular formula is C13H18F2N2O2. The molecule has 0 aliphatic heterocycles. The fourth-order valence-electron chi connectivity index (χ4n) is 1.74. The standard InChI is InChI=1S/C13H18F2N2O2/c1-3-19-13(18)17(7-6-16)9(2)10-4-5-11(14)12(15)8-10/h4-5,8-9H,3,6-7,16H2,1-2H3/t9-/m1/s1. The summed E-state index contributed by atoms with van der Waals surface area (Å²) in [5.74, 6) is -1.86. The van der Waals surface area contributed by atoms with E-state index in [-0.39, 0.29) is 19.7 Å². The quantitative estimate of drug-likeness (QED) is 0.895. The predicted octanol–water partition coefficient (Wildman–Crippen LogP) is 2.44. The summed E-state index contributed by atoms with van der Waals surface area (Å²) in [6.07, 6.45) is -0.523. The van der Waals surface area contributed by atoms with Crippen LogP contribution in [0.5, 0.6) is 0 Å². The van der Waals surface area contributed by atoms with Crippen molar-refractivity contribution < 1.29 is 18.3 Å². The highest BCUT2D eigenvalue weighted by Gasteiger charge is 2.22. The van der Waals surface area contributed by atoms with Crippen LogP contribution in [-0.2, 0) is 4.74 Å². The van der Waals surface area contributed by atoms with Crippen molar-refractivity contribution in [3.63, 3.8) is 0 Å². The lowest BCUT2D eigenvalue weighted by Crippen LogP contribution is -2.37. The molecule has 1 rings (SSSR count). The monoisotopic (exact) mass is 272 g/mol. The molecular weight excluding hydrogens is 254 g/mol. The molecule has 1 aromatic carbocycles. The van der Waals surface area contributed by atoms with E-state index in [4.69, 9.17) is 10.5 Å². The summed E-state index contributed by atoms with van der Waals surface area (Å²) in [6.45, 7) is 4.18. The summed E-state index contributed by atoms with van der Waals surface area (Å²) in [5, 5.41) is 0. The molecule has 1 amide bonds. The van der Waals surface area contributed by atoms with E-state index in [0.717, 1.165) is 12.1 Å². The third-order valence-electron chi connectivity index (χ3n) is 2.77. The first kappa shape index (κ1) is 15.4.